The van der Waals surface area contributed by atoms with Crippen molar-refractivity contribution in [3.8, 4) is 0 Å². The van der Waals surface area contributed by atoms with Gasteiger partial charge in [0.2, 0.25) is 5.95 Å². The van der Waals surface area contributed by atoms with Crippen LogP contribution >= 0.6 is 0 Å². The second kappa shape index (κ2) is 7.44. The van der Waals surface area contributed by atoms with E-state index in [1.165, 1.54) is 24.3 Å². The zero-order valence-electron chi connectivity index (χ0n) is 14.7. The number of fused-ring (bicyclic) bond motifs is 1. The zero-order chi connectivity index (χ0) is 18.8. The largest absolute Gasteiger partial charge is 0.312 e. The summed E-state index contributed by atoms with van der Waals surface area (Å²) in [6.45, 7) is 1.67. The number of carbonyl (C=O) groups is 1. The van der Waals surface area contributed by atoms with Crippen LogP contribution in [0.25, 0.3) is 11.0 Å². The summed E-state index contributed by atoms with van der Waals surface area (Å²) in [5.74, 6) is -0.0224. The van der Waals surface area contributed by atoms with E-state index in [1.54, 1.807) is 0 Å². The Kier molecular flexibility index (Phi) is 4.85. The van der Waals surface area contributed by atoms with E-state index in [-0.39, 0.29) is 11.1 Å². The van der Waals surface area contributed by atoms with Crippen molar-refractivity contribution in [2.75, 3.05) is 11.9 Å². The van der Waals surface area contributed by atoms with Crippen LogP contribution in [0.4, 0.5) is 14.7 Å². The number of hydrogen-bond acceptors (Lipinski definition) is 3. The molecule has 1 aliphatic heterocycles. The maximum atomic E-state index is 12.9. The fraction of sp³-hybridized carbons (Fsp3) is 0.300. The molecule has 140 valence electrons. The van der Waals surface area contributed by atoms with E-state index in [0.717, 1.165) is 30.4 Å². The van der Waals surface area contributed by atoms with E-state index >= 15 is 0 Å². The lowest BCUT2D eigenvalue weighted by Gasteiger charge is -2.15. The van der Waals surface area contributed by atoms with Crippen LogP contribution < -0.4 is 10.6 Å². The first-order valence-corrected chi connectivity index (χ1v) is 9.00. The number of amides is 1. The van der Waals surface area contributed by atoms with E-state index in [1.807, 2.05) is 28.8 Å². The molecule has 1 amide bonds. The second-order valence-electron chi connectivity index (χ2n) is 6.71. The van der Waals surface area contributed by atoms with Crippen LogP contribution in [0.15, 0.2) is 48.5 Å². The summed E-state index contributed by atoms with van der Waals surface area (Å²) in [6, 6.07) is 13.5. The average Bonchev–Trinajstić information content (AvgIpc) is 3.31. The Bertz CT molecular complexity index is 964. The van der Waals surface area contributed by atoms with Crippen LogP contribution in [-0.2, 0) is 6.54 Å². The molecular weight excluding hydrogens is 350 g/mol. The smallest absolute Gasteiger partial charge is 0.263 e. The third-order valence-corrected chi connectivity index (χ3v) is 4.85. The fourth-order valence-electron chi connectivity index (χ4n) is 3.48. The van der Waals surface area contributed by atoms with Gasteiger partial charge in [0.05, 0.1) is 11.0 Å². The number of aromatic nitrogens is 2. The van der Waals surface area contributed by atoms with Gasteiger partial charge in [0.15, 0.2) is 0 Å². The van der Waals surface area contributed by atoms with Crippen molar-refractivity contribution in [2.24, 2.45) is 0 Å². The quantitative estimate of drug-likeness (QED) is 0.714. The molecule has 3 aromatic rings. The Labute approximate surface area is 155 Å². The minimum atomic E-state index is -2.62. The van der Waals surface area contributed by atoms with Crippen molar-refractivity contribution in [1.82, 2.24) is 14.9 Å². The predicted octanol–water partition coefficient (Wildman–Crippen LogP) is 3.98. The summed E-state index contributed by atoms with van der Waals surface area (Å²) in [7, 11) is 0. The van der Waals surface area contributed by atoms with Crippen LogP contribution in [0, 0.1) is 0 Å². The van der Waals surface area contributed by atoms with Crippen molar-refractivity contribution in [2.45, 2.75) is 31.9 Å². The standard InChI is InChI=1S/C20H20F2N4O/c21-18(22)13-5-3-6-14(11-13)19(27)25-20-24-16-8-1-2-9-17(16)26(20)12-15-7-4-10-23-15/h1-3,5-6,8-9,11,15,18,23H,4,7,10,12H2,(H,24,25,27). The Hall–Kier alpha value is -2.80. The summed E-state index contributed by atoms with van der Waals surface area (Å²) in [5.41, 5.74) is 1.73. The average molecular weight is 370 g/mol. The van der Waals surface area contributed by atoms with E-state index < -0.39 is 12.3 Å². The molecule has 1 unspecified atom stereocenters. The van der Waals surface area contributed by atoms with Gasteiger partial charge in [-0.05, 0) is 43.7 Å². The molecule has 1 fully saturated rings. The number of nitrogens with zero attached hydrogens (tertiary/aromatic N) is 2. The van der Waals surface area contributed by atoms with Crippen molar-refractivity contribution < 1.29 is 13.6 Å². The Morgan fingerprint density at radius 3 is 2.89 bits per heavy atom. The molecule has 5 nitrogen and oxygen atoms in total. The first-order valence-electron chi connectivity index (χ1n) is 9.00. The monoisotopic (exact) mass is 370 g/mol. The first-order chi connectivity index (χ1) is 13.1. The third-order valence-electron chi connectivity index (χ3n) is 4.85. The fourth-order valence-corrected chi connectivity index (χ4v) is 3.48. The van der Waals surface area contributed by atoms with Gasteiger partial charge in [-0.2, -0.15) is 0 Å². The Morgan fingerprint density at radius 2 is 2.11 bits per heavy atom. The lowest BCUT2D eigenvalue weighted by Crippen LogP contribution is -2.28. The summed E-state index contributed by atoms with van der Waals surface area (Å²) < 4.78 is 27.8. The van der Waals surface area contributed by atoms with Gasteiger partial charge in [0.1, 0.15) is 0 Å². The summed E-state index contributed by atoms with van der Waals surface area (Å²) >= 11 is 0. The molecule has 1 aliphatic rings. The van der Waals surface area contributed by atoms with Crippen LogP contribution in [0.1, 0.15) is 35.2 Å². The molecule has 0 saturated carbocycles. The molecule has 0 spiro atoms. The lowest BCUT2D eigenvalue weighted by molar-refractivity contribution is 0.102. The topological polar surface area (TPSA) is 59.0 Å². The van der Waals surface area contributed by atoms with Gasteiger partial charge in [-0.3, -0.25) is 10.1 Å². The number of imidazole rings is 1. The van der Waals surface area contributed by atoms with Crippen LogP contribution in [0.3, 0.4) is 0 Å². The number of rotatable bonds is 5. The first kappa shape index (κ1) is 17.6. The number of carbonyl (C=O) groups excluding carboxylic acids is 1. The SMILES string of the molecule is O=C(Nc1nc2ccccc2n1CC1CCCN1)c1cccc(C(F)F)c1. The van der Waals surface area contributed by atoms with Gasteiger partial charge >= 0.3 is 0 Å². The molecular formula is C20H20F2N4O. The van der Waals surface area contributed by atoms with Gasteiger partial charge in [-0.1, -0.05) is 24.3 Å². The molecule has 27 heavy (non-hydrogen) atoms. The van der Waals surface area contributed by atoms with Crippen LogP contribution in [0.5, 0.6) is 0 Å². The molecule has 1 aromatic heterocycles. The summed E-state index contributed by atoms with van der Waals surface area (Å²) in [4.78, 5) is 17.2. The molecule has 7 heteroatoms. The maximum absolute atomic E-state index is 12.9. The van der Waals surface area contributed by atoms with E-state index in [0.29, 0.717) is 18.5 Å². The lowest BCUT2D eigenvalue weighted by atomic mass is 10.1. The minimum absolute atomic E-state index is 0.175. The molecule has 2 N–H and O–H groups in total. The number of halogens is 2. The van der Waals surface area contributed by atoms with Gasteiger partial charge in [0, 0.05) is 23.7 Å². The van der Waals surface area contributed by atoms with Crippen molar-refractivity contribution in [3.05, 3.63) is 59.7 Å². The molecule has 1 atom stereocenters. The number of hydrogen-bond donors (Lipinski definition) is 2. The second-order valence-corrected chi connectivity index (χ2v) is 6.71. The van der Waals surface area contributed by atoms with Gasteiger partial charge in [-0.25, -0.2) is 13.8 Å². The molecule has 0 radical (unpaired) electrons. The van der Waals surface area contributed by atoms with E-state index in [9.17, 15) is 13.6 Å². The predicted molar refractivity (Wildman–Crippen MR) is 100 cm³/mol. The van der Waals surface area contributed by atoms with Crippen molar-refractivity contribution in [3.63, 3.8) is 0 Å². The van der Waals surface area contributed by atoms with Crippen molar-refractivity contribution >= 4 is 22.9 Å². The maximum Gasteiger partial charge on any atom is 0.263 e. The molecule has 0 bridgehead atoms. The highest BCUT2D eigenvalue weighted by Crippen LogP contribution is 2.23. The molecule has 2 aromatic carbocycles. The molecule has 0 aliphatic carbocycles. The van der Waals surface area contributed by atoms with Crippen LogP contribution in [0.2, 0.25) is 0 Å². The number of alkyl halides is 2. The van der Waals surface area contributed by atoms with Crippen LogP contribution in [-0.4, -0.2) is 28.0 Å². The number of anilines is 1. The highest BCUT2D eigenvalue weighted by Gasteiger charge is 2.20. The molecule has 4 rings (SSSR count). The third kappa shape index (κ3) is 3.68. The minimum Gasteiger partial charge on any atom is -0.312 e. The molecule has 1 saturated heterocycles. The highest BCUT2D eigenvalue weighted by molar-refractivity contribution is 6.04. The van der Waals surface area contributed by atoms with Crippen molar-refractivity contribution in [1.29, 1.82) is 0 Å². The number of benzene rings is 2. The normalized spacial score (nSPS) is 16.9. The van der Waals surface area contributed by atoms with Gasteiger partial charge in [-0.15, -0.1) is 0 Å². The van der Waals surface area contributed by atoms with E-state index in [4.69, 9.17) is 0 Å². The Balaban J connectivity index is 1.64. The van der Waals surface area contributed by atoms with Gasteiger partial charge in [0.25, 0.3) is 12.3 Å². The molecule has 2 heterocycles. The number of para-hydroxylation sites is 2. The van der Waals surface area contributed by atoms with Gasteiger partial charge < -0.3 is 9.88 Å². The Morgan fingerprint density at radius 1 is 1.26 bits per heavy atom. The summed E-state index contributed by atoms with van der Waals surface area (Å²) in [6.07, 6.45) is -0.425. The number of nitrogens with one attached hydrogen (secondary N) is 2. The highest BCUT2D eigenvalue weighted by atomic mass is 19.3. The summed E-state index contributed by atoms with van der Waals surface area (Å²) in [5, 5.41) is 6.24. The van der Waals surface area contributed by atoms with E-state index in [2.05, 4.69) is 15.6 Å². The zero-order valence-corrected chi connectivity index (χ0v) is 14.7.